The summed E-state index contributed by atoms with van der Waals surface area (Å²) >= 11 is 0. The molecule has 0 bridgehead atoms. The van der Waals surface area contributed by atoms with Gasteiger partial charge in [0, 0.05) is 31.5 Å². The second-order valence-corrected chi connectivity index (χ2v) is 14.1. The summed E-state index contributed by atoms with van der Waals surface area (Å²) in [7, 11) is -3.57. The molecule has 3 aromatic rings. The molecule has 0 aliphatic heterocycles. The molecule has 0 aliphatic carbocycles. The number of carbonyl (C=O) groups excluding carboxylic acids is 2. The van der Waals surface area contributed by atoms with Crippen molar-refractivity contribution in [3.63, 3.8) is 0 Å². The van der Waals surface area contributed by atoms with Crippen molar-refractivity contribution >= 4 is 27.5 Å². The molecule has 3 aromatic carbocycles. The summed E-state index contributed by atoms with van der Waals surface area (Å²) in [5.74, 6) is -0.421. The second kappa shape index (κ2) is 14.0. The zero-order valence-electron chi connectivity index (χ0n) is 26.0. The standard InChI is InChI=1S/C34H45N3O4S/c1-25-16-19-29(20-17-25)24-36(31(33(39)35-34(4,5)6)23-28-12-9-8-10-13-28)32(38)14-11-21-37(42(7,40)41)30-22-26(2)15-18-27(30)3/h8-10,12-13,15-20,22,31H,11,14,21,23-24H2,1-7H3,(H,35,39)/t31-/m1/s1. The second-order valence-electron chi connectivity index (χ2n) is 12.2. The topological polar surface area (TPSA) is 86.8 Å². The summed E-state index contributed by atoms with van der Waals surface area (Å²) in [5, 5.41) is 3.08. The highest BCUT2D eigenvalue weighted by molar-refractivity contribution is 7.92. The maximum Gasteiger partial charge on any atom is 0.243 e. The molecule has 42 heavy (non-hydrogen) atoms. The summed E-state index contributed by atoms with van der Waals surface area (Å²) < 4.78 is 26.9. The molecular formula is C34H45N3O4S. The number of benzene rings is 3. The predicted octanol–water partition coefficient (Wildman–Crippen LogP) is 5.71. The van der Waals surface area contributed by atoms with Gasteiger partial charge in [-0.3, -0.25) is 13.9 Å². The molecule has 0 spiro atoms. The van der Waals surface area contributed by atoms with Gasteiger partial charge in [-0.15, -0.1) is 0 Å². The fourth-order valence-electron chi connectivity index (χ4n) is 4.87. The molecule has 226 valence electrons. The third kappa shape index (κ3) is 9.72. The number of rotatable bonds is 12. The Morgan fingerprint density at radius 2 is 1.48 bits per heavy atom. The van der Waals surface area contributed by atoms with Gasteiger partial charge in [0.15, 0.2) is 0 Å². The van der Waals surface area contributed by atoms with Crippen molar-refractivity contribution in [1.82, 2.24) is 10.2 Å². The minimum absolute atomic E-state index is 0.0941. The minimum atomic E-state index is -3.57. The fourth-order valence-corrected chi connectivity index (χ4v) is 5.88. The van der Waals surface area contributed by atoms with Crippen LogP contribution in [0.15, 0.2) is 72.8 Å². The lowest BCUT2D eigenvalue weighted by Crippen LogP contribution is -2.54. The molecule has 0 heterocycles. The Kier molecular flexibility index (Phi) is 11.0. The fraction of sp³-hybridized carbons (Fsp3) is 0.412. The van der Waals surface area contributed by atoms with E-state index in [1.54, 1.807) is 4.90 Å². The van der Waals surface area contributed by atoms with Crippen LogP contribution in [0.4, 0.5) is 5.69 Å². The number of hydrogen-bond donors (Lipinski definition) is 1. The Bertz CT molecular complexity index is 1460. The minimum Gasteiger partial charge on any atom is -0.350 e. The Morgan fingerprint density at radius 3 is 2.07 bits per heavy atom. The van der Waals surface area contributed by atoms with Crippen LogP contribution in [-0.2, 0) is 32.6 Å². The van der Waals surface area contributed by atoms with E-state index in [-0.39, 0.29) is 31.3 Å². The zero-order chi connectivity index (χ0) is 31.1. The zero-order valence-corrected chi connectivity index (χ0v) is 26.8. The molecule has 0 unspecified atom stereocenters. The van der Waals surface area contributed by atoms with Crippen LogP contribution < -0.4 is 9.62 Å². The molecule has 0 aromatic heterocycles. The lowest BCUT2D eigenvalue weighted by Gasteiger charge is -2.34. The van der Waals surface area contributed by atoms with Crippen LogP contribution in [0.5, 0.6) is 0 Å². The number of hydrogen-bond acceptors (Lipinski definition) is 4. The Labute approximate surface area is 252 Å². The van der Waals surface area contributed by atoms with Gasteiger partial charge < -0.3 is 10.2 Å². The Balaban J connectivity index is 1.92. The van der Waals surface area contributed by atoms with Crippen LogP contribution >= 0.6 is 0 Å². The van der Waals surface area contributed by atoms with Gasteiger partial charge in [-0.05, 0) is 76.3 Å². The largest absolute Gasteiger partial charge is 0.350 e. The highest BCUT2D eigenvalue weighted by Crippen LogP contribution is 2.25. The van der Waals surface area contributed by atoms with Gasteiger partial charge in [-0.2, -0.15) is 0 Å². The van der Waals surface area contributed by atoms with Gasteiger partial charge in [0.05, 0.1) is 11.9 Å². The normalized spacial score (nSPS) is 12.5. The SMILES string of the molecule is Cc1ccc(CN(C(=O)CCCN(c2cc(C)ccc2C)S(C)(=O)=O)[C@H](Cc2ccccc2)C(=O)NC(C)(C)C)cc1. The first-order valence-corrected chi connectivity index (χ1v) is 16.2. The third-order valence-corrected chi connectivity index (χ3v) is 8.21. The molecular weight excluding hydrogens is 546 g/mol. The van der Waals surface area contributed by atoms with E-state index in [0.717, 1.165) is 27.8 Å². The lowest BCUT2D eigenvalue weighted by molar-refractivity contribution is -0.142. The van der Waals surface area contributed by atoms with E-state index in [4.69, 9.17) is 0 Å². The molecule has 0 aliphatic rings. The maximum atomic E-state index is 14.0. The summed E-state index contributed by atoms with van der Waals surface area (Å²) in [6, 6.07) is 22.6. The highest BCUT2D eigenvalue weighted by Gasteiger charge is 2.32. The smallest absolute Gasteiger partial charge is 0.243 e. The molecule has 2 amide bonds. The summed E-state index contributed by atoms with van der Waals surface area (Å²) in [5.41, 5.74) is 4.92. The third-order valence-electron chi connectivity index (χ3n) is 7.03. The van der Waals surface area contributed by atoms with Gasteiger partial charge in [-0.1, -0.05) is 72.3 Å². The lowest BCUT2D eigenvalue weighted by atomic mass is 10.00. The van der Waals surface area contributed by atoms with E-state index in [1.807, 2.05) is 114 Å². The van der Waals surface area contributed by atoms with Gasteiger partial charge in [0.1, 0.15) is 6.04 Å². The molecule has 0 saturated heterocycles. The summed E-state index contributed by atoms with van der Waals surface area (Å²) in [6.45, 7) is 12.0. The number of anilines is 1. The number of aryl methyl sites for hydroxylation is 3. The van der Waals surface area contributed by atoms with Gasteiger partial charge in [0.2, 0.25) is 21.8 Å². The average molecular weight is 592 g/mol. The Hall–Kier alpha value is -3.65. The quantitative estimate of drug-likeness (QED) is 0.292. The molecule has 0 fully saturated rings. The van der Waals surface area contributed by atoms with Crippen molar-refractivity contribution in [3.8, 4) is 0 Å². The van der Waals surface area contributed by atoms with Gasteiger partial charge in [0.25, 0.3) is 0 Å². The van der Waals surface area contributed by atoms with E-state index >= 15 is 0 Å². The monoisotopic (exact) mass is 591 g/mol. The molecule has 0 saturated carbocycles. The number of amides is 2. The average Bonchev–Trinajstić information content (AvgIpc) is 2.90. The summed E-state index contributed by atoms with van der Waals surface area (Å²) in [4.78, 5) is 29.4. The van der Waals surface area contributed by atoms with E-state index in [2.05, 4.69) is 5.32 Å². The molecule has 1 atom stereocenters. The molecule has 1 N–H and O–H groups in total. The first kappa shape index (κ1) is 32.9. The van der Waals surface area contributed by atoms with E-state index < -0.39 is 21.6 Å². The van der Waals surface area contributed by atoms with Crippen molar-refractivity contribution in [2.45, 2.75) is 78.9 Å². The number of nitrogens with zero attached hydrogens (tertiary/aromatic N) is 2. The van der Waals surface area contributed by atoms with Gasteiger partial charge >= 0.3 is 0 Å². The maximum absolute atomic E-state index is 14.0. The van der Waals surface area contributed by atoms with Crippen LogP contribution in [0.2, 0.25) is 0 Å². The van der Waals surface area contributed by atoms with Crippen LogP contribution in [0.25, 0.3) is 0 Å². The van der Waals surface area contributed by atoms with Crippen molar-refractivity contribution in [2.24, 2.45) is 0 Å². The number of carbonyl (C=O) groups is 2. The highest BCUT2D eigenvalue weighted by atomic mass is 32.2. The predicted molar refractivity (Wildman–Crippen MR) is 171 cm³/mol. The van der Waals surface area contributed by atoms with E-state index in [0.29, 0.717) is 18.5 Å². The molecule has 3 rings (SSSR count). The first-order valence-electron chi connectivity index (χ1n) is 14.4. The molecule has 7 nitrogen and oxygen atoms in total. The van der Waals surface area contributed by atoms with Crippen LogP contribution in [0.3, 0.4) is 0 Å². The van der Waals surface area contributed by atoms with Crippen LogP contribution in [-0.4, -0.2) is 49.5 Å². The van der Waals surface area contributed by atoms with Crippen molar-refractivity contribution in [1.29, 1.82) is 0 Å². The number of nitrogens with one attached hydrogen (secondary N) is 1. The summed E-state index contributed by atoms with van der Waals surface area (Å²) in [6.07, 6.45) is 1.95. The van der Waals surface area contributed by atoms with Gasteiger partial charge in [-0.25, -0.2) is 8.42 Å². The first-order chi connectivity index (χ1) is 19.6. The van der Waals surface area contributed by atoms with Crippen molar-refractivity contribution in [3.05, 3.63) is 101 Å². The van der Waals surface area contributed by atoms with Crippen molar-refractivity contribution < 1.29 is 18.0 Å². The van der Waals surface area contributed by atoms with Crippen LogP contribution in [0.1, 0.15) is 61.4 Å². The molecule has 8 heteroatoms. The number of sulfonamides is 1. The van der Waals surface area contributed by atoms with E-state index in [1.165, 1.54) is 10.6 Å². The molecule has 0 radical (unpaired) electrons. The van der Waals surface area contributed by atoms with Crippen LogP contribution in [0, 0.1) is 20.8 Å². The van der Waals surface area contributed by atoms with Crippen molar-refractivity contribution in [2.75, 3.05) is 17.1 Å². The Morgan fingerprint density at radius 1 is 0.857 bits per heavy atom. The van der Waals surface area contributed by atoms with E-state index in [9.17, 15) is 18.0 Å².